The molecule has 0 spiro atoms. The van der Waals surface area contributed by atoms with Gasteiger partial charge in [-0.05, 0) is 31.2 Å². The molecule has 0 atom stereocenters. The highest BCUT2D eigenvalue weighted by atomic mass is 35.5. The Bertz CT molecular complexity index is 505. The minimum absolute atomic E-state index is 0.742. The molecule has 0 amide bonds. The molecule has 92 valence electrons. The molecule has 0 unspecified atom stereocenters. The van der Waals surface area contributed by atoms with E-state index >= 15 is 0 Å². The van der Waals surface area contributed by atoms with E-state index in [2.05, 4.69) is 28.8 Å². The lowest BCUT2D eigenvalue weighted by Crippen LogP contribution is -2.19. The van der Waals surface area contributed by atoms with E-state index in [0.29, 0.717) is 0 Å². The Balaban J connectivity index is 2.15. The summed E-state index contributed by atoms with van der Waals surface area (Å²) in [5.74, 6) is 1.10. The third kappa shape index (κ3) is 2.79. The monoisotopic (exact) mass is 251 g/mol. The maximum atomic E-state index is 5.96. The number of aromatic nitrogens is 2. The van der Waals surface area contributed by atoms with E-state index in [4.69, 9.17) is 11.6 Å². The van der Waals surface area contributed by atoms with Crippen LogP contribution in [0.25, 0.3) is 11.0 Å². The average molecular weight is 252 g/mol. The predicted molar refractivity (Wildman–Crippen MR) is 72.6 cm³/mol. The van der Waals surface area contributed by atoms with Gasteiger partial charge in [0.05, 0.1) is 11.0 Å². The van der Waals surface area contributed by atoms with Gasteiger partial charge >= 0.3 is 0 Å². The first-order valence-electron chi connectivity index (χ1n) is 6.04. The highest BCUT2D eigenvalue weighted by Gasteiger charge is 2.07. The van der Waals surface area contributed by atoms with E-state index in [-0.39, 0.29) is 0 Å². The number of fused-ring (bicyclic) bond motifs is 1. The van der Waals surface area contributed by atoms with Crippen molar-refractivity contribution in [2.45, 2.75) is 19.8 Å². The zero-order chi connectivity index (χ0) is 12.3. The number of hydrogen-bond donors (Lipinski definition) is 1. The lowest BCUT2D eigenvalue weighted by molar-refractivity contribution is 0.648. The van der Waals surface area contributed by atoms with Crippen molar-refractivity contribution in [2.75, 3.05) is 13.1 Å². The van der Waals surface area contributed by atoms with E-state index in [9.17, 15) is 0 Å². The molecule has 4 heteroatoms. The summed E-state index contributed by atoms with van der Waals surface area (Å²) in [4.78, 5) is 4.61. The third-order valence-corrected chi connectivity index (χ3v) is 3.12. The van der Waals surface area contributed by atoms with Crippen LogP contribution in [-0.2, 0) is 13.5 Å². The zero-order valence-corrected chi connectivity index (χ0v) is 11.1. The van der Waals surface area contributed by atoms with Gasteiger partial charge in [0.15, 0.2) is 0 Å². The lowest BCUT2D eigenvalue weighted by Gasteiger charge is -2.03. The van der Waals surface area contributed by atoms with Crippen LogP contribution in [0.5, 0.6) is 0 Å². The zero-order valence-electron chi connectivity index (χ0n) is 10.3. The Morgan fingerprint density at radius 2 is 2.18 bits per heavy atom. The smallest absolute Gasteiger partial charge is 0.110 e. The standard InChI is InChI=1S/C13H18ClN3/c1-3-7-15-8-6-13-16-11-9-10(14)4-5-12(11)17(13)2/h4-5,9,15H,3,6-8H2,1-2H3. The summed E-state index contributed by atoms with van der Waals surface area (Å²) in [6.45, 7) is 4.21. The molecule has 1 heterocycles. The van der Waals surface area contributed by atoms with Gasteiger partial charge in [-0.1, -0.05) is 18.5 Å². The highest BCUT2D eigenvalue weighted by Crippen LogP contribution is 2.19. The van der Waals surface area contributed by atoms with Crippen LogP contribution in [0.3, 0.4) is 0 Å². The van der Waals surface area contributed by atoms with Gasteiger partial charge < -0.3 is 9.88 Å². The van der Waals surface area contributed by atoms with Crippen molar-refractivity contribution in [3.63, 3.8) is 0 Å². The molecule has 3 nitrogen and oxygen atoms in total. The van der Waals surface area contributed by atoms with Gasteiger partial charge in [-0.3, -0.25) is 0 Å². The maximum Gasteiger partial charge on any atom is 0.110 e. The number of halogens is 1. The van der Waals surface area contributed by atoms with E-state index < -0.39 is 0 Å². The Morgan fingerprint density at radius 1 is 1.35 bits per heavy atom. The van der Waals surface area contributed by atoms with E-state index in [1.165, 1.54) is 0 Å². The molecule has 2 rings (SSSR count). The van der Waals surface area contributed by atoms with E-state index in [1.54, 1.807) is 0 Å². The number of nitrogens with one attached hydrogen (secondary N) is 1. The van der Waals surface area contributed by atoms with Crippen molar-refractivity contribution in [1.82, 2.24) is 14.9 Å². The van der Waals surface area contributed by atoms with Gasteiger partial charge in [0.2, 0.25) is 0 Å². The summed E-state index contributed by atoms with van der Waals surface area (Å²) in [5.41, 5.74) is 2.12. The average Bonchev–Trinajstić information content (AvgIpc) is 2.61. The molecule has 0 radical (unpaired) electrons. The van der Waals surface area contributed by atoms with Crippen molar-refractivity contribution in [3.05, 3.63) is 29.0 Å². The summed E-state index contributed by atoms with van der Waals surface area (Å²) >= 11 is 5.96. The van der Waals surface area contributed by atoms with E-state index in [0.717, 1.165) is 47.8 Å². The van der Waals surface area contributed by atoms with Gasteiger partial charge in [0.1, 0.15) is 5.82 Å². The first kappa shape index (κ1) is 12.4. The summed E-state index contributed by atoms with van der Waals surface area (Å²) < 4.78 is 2.14. The highest BCUT2D eigenvalue weighted by molar-refractivity contribution is 6.31. The van der Waals surface area contributed by atoms with Crippen LogP contribution in [-0.4, -0.2) is 22.6 Å². The van der Waals surface area contributed by atoms with Crippen molar-refractivity contribution in [1.29, 1.82) is 0 Å². The van der Waals surface area contributed by atoms with Gasteiger partial charge in [-0.2, -0.15) is 0 Å². The van der Waals surface area contributed by atoms with Crippen LogP contribution >= 0.6 is 11.6 Å². The maximum absolute atomic E-state index is 5.96. The Labute approximate surface area is 107 Å². The molecule has 1 aromatic heterocycles. The second-order valence-electron chi connectivity index (χ2n) is 4.22. The van der Waals surface area contributed by atoms with Crippen LogP contribution in [0.4, 0.5) is 0 Å². The molecular weight excluding hydrogens is 234 g/mol. The number of imidazole rings is 1. The third-order valence-electron chi connectivity index (χ3n) is 2.89. The van der Waals surface area contributed by atoms with Crippen LogP contribution in [0.2, 0.25) is 5.02 Å². The molecule has 0 fully saturated rings. The summed E-state index contributed by atoms with van der Waals surface area (Å²) in [7, 11) is 2.05. The van der Waals surface area contributed by atoms with Crippen molar-refractivity contribution >= 4 is 22.6 Å². The van der Waals surface area contributed by atoms with Crippen LogP contribution in [0.15, 0.2) is 18.2 Å². The Morgan fingerprint density at radius 3 is 2.94 bits per heavy atom. The fourth-order valence-corrected chi connectivity index (χ4v) is 2.11. The summed E-state index contributed by atoms with van der Waals surface area (Å²) in [5, 5.41) is 4.13. The lowest BCUT2D eigenvalue weighted by atomic mass is 10.3. The van der Waals surface area contributed by atoms with E-state index in [1.807, 2.05) is 18.2 Å². The predicted octanol–water partition coefficient (Wildman–Crippen LogP) is 2.77. The molecule has 0 saturated carbocycles. The molecule has 1 aromatic carbocycles. The fraction of sp³-hybridized carbons (Fsp3) is 0.462. The van der Waals surface area contributed by atoms with Gasteiger partial charge in [-0.25, -0.2) is 4.98 Å². The minimum Gasteiger partial charge on any atom is -0.331 e. The quantitative estimate of drug-likeness (QED) is 0.829. The van der Waals surface area contributed by atoms with Gasteiger partial charge in [-0.15, -0.1) is 0 Å². The largest absolute Gasteiger partial charge is 0.331 e. The van der Waals surface area contributed by atoms with Crippen molar-refractivity contribution in [2.24, 2.45) is 7.05 Å². The van der Waals surface area contributed by atoms with Crippen LogP contribution < -0.4 is 5.32 Å². The van der Waals surface area contributed by atoms with Crippen molar-refractivity contribution in [3.8, 4) is 0 Å². The first-order chi connectivity index (χ1) is 8.22. The Hall–Kier alpha value is -1.06. The number of rotatable bonds is 5. The molecule has 0 saturated heterocycles. The first-order valence-corrected chi connectivity index (χ1v) is 6.41. The molecule has 0 aliphatic heterocycles. The molecule has 1 N–H and O–H groups in total. The van der Waals surface area contributed by atoms with Crippen LogP contribution in [0, 0.1) is 0 Å². The second kappa shape index (κ2) is 5.52. The summed E-state index contributed by atoms with van der Waals surface area (Å²) in [6, 6.07) is 5.85. The fourth-order valence-electron chi connectivity index (χ4n) is 1.95. The number of nitrogens with zero attached hydrogens (tertiary/aromatic N) is 2. The normalized spacial score (nSPS) is 11.2. The van der Waals surface area contributed by atoms with Crippen molar-refractivity contribution < 1.29 is 0 Å². The molecule has 2 aromatic rings. The second-order valence-corrected chi connectivity index (χ2v) is 4.66. The number of hydrogen-bond acceptors (Lipinski definition) is 2. The SMILES string of the molecule is CCCNCCc1nc2cc(Cl)ccc2n1C. The number of benzene rings is 1. The molecule has 17 heavy (non-hydrogen) atoms. The summed E-state index contributed by atoms with van der Waals surface area (Å²) in [6.07, 6.45) is 2.11. The molecule has 0 aliphatic carbocycles. The molecule has 0 bridgehead atoms. The van der Waals surface area contributed by atoms with Crippen LogP contribution in [0.1, 0.15) is 19.2 Å². The van der Waals surface area contributed by atoms with Gasteiger partial charge in [0.25, 0.3) is 0 Å². The van der Waals surface area contributed by atoms with Gasteiger partial charge in [0, 0.05) is 25.0 Å². The topological polar surface area (TPSA) is 29.9 Å². The minimum atomic E-state index is 0.742. The number of aryl methyl sites for hydroxylation is 1. The molecule has 0 aliphatic rings. The molecular formula is C13H18ClN3. The Kier molecular flexibility index (Phi) is 4.02.